The molecule has 0 radical (unpaired) electrons. The number of carbonyl (C=O) groups excluding carboxylic acids is 4. The summed E-state index contributed by atoms with van der Waals surface area (Å²) in [6.07, 6.45) is 1.23. The molecule has 9 nitrogen and oxygen atoms in total. The van der Waals surface area contributed by atoms with Gasteiger partial charge in [-0.25, -0.2) is 4.79 Å². The van der Waals surface area contributed by atoms with Crippen molar-refractivity contribution in [3.63, 3.8) is 0 Å². The summed E-state index contributed by atoms with van der Waals surface area (Å²) in [5.41, 5.74) is -0.603. The normalized spacial score (nSPS) is 18.6. The second-order valence-corrected chi connectivity index (χ2v) is 7.50. The van der Waals surface area contributed by atoms with E-state index in [-0.39, 0.29) is 0 Å². The van der Waals surface area contributed by atoms with Gasteiger partial charge >= 0.3 is 12.0 Å². The molecule has 9 heteroatoms. The number of rotatable bonds is 9. The number of para-hydroxylation sites is 2. The first-order valence-corrected chi connectivity index (χ1v) is 9.39. The number of anilines is 1. The molecule has 0 spiro atoms. The minimum absolute atomic E-state index is 0.372. The highest BCUT2D eigenvalue weighted by molar-refractivity contribution is 6.08. The quantitative estimate of drug-likeness (QED) is 0.479. The standard InChI is InChI=1S/C20H27N3O6/c1-13(2)9-10-20(3)18(26)23(19(27)22-20)11-17(25)29-12-16(24)21-14-7-5-6-8-15(14)28-4/h5-8,13H,9-12H2,1-4H3,(H,21,24)(H,22,27)/t20-/m1/s1. The van der Waals surface area contributed by atoms with Crippen molar-refractivity contribution >= 4 is 29.5 Å². The Morgan fingerprint density at radius 3 is 2.59 bits per heavy atom. The largest absolute Gasteiger partial charge is 0.495 e. The number of nitrogens with zero attached hydrogens (tertiary/aromatic N) is 1. The SMILES string of the molecule is COc1ccccc1NC(=O)COC(=O)CN1C(=O)N[C@](C)(CCC(C)C)C1=O. The van der Waals surface area contributed by atoms with Crippen molar-refractivity contribution in [2.45, 2.75) is 39.2 Å². The second-order valence-electron chi connectivity index (χ2n) is 7.50. The lowest BCUT2D eigenvalue weighted by Gasteiger charge is -2.22. The summed E-state index contributed by atoms with van der Waals surface area (Å²) in [4.78, 5) is 49.6. The molecule has 1 aliphatic rings. The number of ether oxygens (including phenoxy) is 2. The minimum Gasteiger partial charge on any atom is -0.495 e. The van der Waals surface area contributed by atoms with Gasteiger partial charge in [-0.15, -0.1) is 0 Å². The highest BCUT2D eigenvalue weighted by Gasteiger charge is 2.48. The highest BCUT2D eigenvalue weighted by atomic mass is 16.5. The van der Waals surface area contributed by atoms with Crippen molar-refractivity contribution in [3.05, 3.63) is 24.3 Å². The Balaban J connectivity index is 1.86. The summed E-state index contributed by atoms with van der Waals surface area (Å²) in [6, 6.07) is 6.15. The summed E-state index contributed by atoms with van der Waals surface area (Å²) in [6.45, 7) is 4.59. The van der Waals surface area contributed by atoms with Crippen molar-refractivity contribution in [3.8, 4) is 5.75 Å². The molecule has 1 saturated heterocycles. The average molecular weight is 405 g/mol. The third-order valence-electron chi connectivity index (χ3n) is 4.60. The van der Waals surface area contributed by atoms with Crippen LogP contribution in [-0.2, 0) is 19.1 Å². The van der Waals surface area contributed by atoms with Crippen LogP contribution in [0.2, 0.25) is 0 Å². The van der Waals surface area contributed by atoms with Gasteiger partial charge in [0, 0.05) is 0 Å². The molecular formula is C20H27N3O6. The summed E-state index contributed by atoms with van der Waals surface area (Å²) < 4.78 is 10.0. The fraction of sp³-hybridized carbons (Fsp3) is 0.500. The Morgan fingerprint density at radius 1 is 1.24 bits per heavy atom. The number of hydrogen-bond donors (Lipinski definition) is 2. The number of hydrogen-bond acceptors (Lipinski definition) is 6. The number of nitrogens with one attached hydrogen (secondary N) is 2. The fourth-order valence-corrected chi connectivity index (χ4v) is 2.89. The van der Waals surface area contributed by atoms with E-state index in [0.29, 0.717) is 23.8 Å². The molecule has 4 amide bonds. The Hall–Kier alpha value is -3.10. The maximum Gasteiger partial charge on any atom is 0.326 e. The Kier molecular flexibility index (Phi) is 7.19. The van der Waals surface area contributed by atoms with E-state index in [0.717, 1.165) is 11.3 Å². The van der Waals surface area contributed by atoms with E-state index in [1.807, 2.05) is 13.8 Å². The minimum atomic E-state index is -1.04. The van der Waals surface area contributed by atoms with Gasteiger partial charge in [-0.3, -0.25) is 19.3 Å². The van der Waals surface area contributed by atoms with Crippen LogP contribution in [0.5, 0.6) is 5.75 Å². The molecule has 0 unspecified atom stereocenters. The average Bonchev–Trinajstić information content (AvgIpc) is 2.89. The Bertz CT molecular complexity index is 794. The van der Waals surface area contributed by atoms with E-state index >= 15 is 0 Å². The van der Waals surface area contributed by atoms with Gasteiger partial charge < -0.3 is 20.1 Å². The number of urea groups is 1. The molecule has 1 aromatic rings. The predicted molar refractivity (Wildman–Crippen MR) is 105 cm³/mol. The molecule has 1 aromatic carbocycles. The summed E-state index contributed by atoms with van der Waals surface area (Å²) >= 11 is 0. The van der Waals surface area contributed by atoms with Crippen LogP contribution in [0, 0.1) is 5.92 Å². The van der Waals surface area contributed by atoms with Gasteiger partial charge in [0.15, 0.2) is 6.61 Å². The third kappa shape index (κ3) is 5.69. The van der Waals surface area contributed by atoms with Crippen LogP contribution >= 0.6 is 0 Å². The van der Waals surface area contributed by atoms with Crippen LogP contribution in [0.4, 0.5) is 10.5 Å². The molecule has 158 valence electrons. The lowest BCUT2D eigenvalue weighted by atomic mass is 9.92. The number of carbonyl (C=O) groups is 4. The van der Waals surface area contributed by atoms with E-state index < -0.39 is 42.5 Å². The Morgan fingerprint density at radius 2 is 1.93 bits per heavy atom. The van der Waals surface area contributed by atoms with Crippen molar-refractivity contribution < 1.29 is 28.7 Å². The second kappa shape index (κ2) is 9.40. The molecule has 0 bridgehead atoms. The molecule has 0 aromatic heterocycles. The van der Waals surface area contributed by atoms with Gasteiger partial charge in [-0.2, -0.15) is 0 Å². The molecule has 2 rings (SSSR count). The lowest BCUT2D eigenvalue weighted by Crippen LogP contribution is -2.44. The van der Waals surface area contributed by atoms with Crippen LogP contribution < -0.4 is 15.4 Å². The van der Waals surface area contributed by atoms with Crippen LogP contribution in [0.1, 0.15) is 33.6 Å². The molecule has 1 fully saturated rings. The van der Waals surface area contributed by atoms with E-state index in [1.165, 1.54) is 7.11 Å². The fourth-order valence-electron chi connectivity index (χ4n) is 2.89. The molecule has 0 aliphatic carbocycles. The lowest BCUT2D eigenvalue weighted by molar-refractivity contribution is -0.150. The molecule has 2 N–H and O–H groups in total. The van der Waals surface area contributed by atoms with Gasteiger partial charge in [-0.1, -0.05) is 26.0 Å². The number of esters is 1. The molecule has 1 heterocycles. The summed E-state index contributed by atoms with van der Waals surface area (Å²) in [7, 11) is 1.47. The molecule has 0 saturated carbocycles. The highest BCUT2D eigenvalue weighted by Crippen LogP contribution is 2.25. The third-order valence-corrected chi connectivity index (χ3v) is 4.60. The zero-order valence-corrected chi connectivity index (χ0v) is 17.1. The van der Waals surface area contributed by atoms with Crippen molar-refractivity contribution in [2.75, 3.05) is 25.6 Å². The molecule has 29 heavy (non-hydrogen) atoms. The van der Waals surface area contributed by atoms with Crippen molar-refractivity contribution in [1.82, 2.24) is 10.2 Å². The first-order valence-electron chi connectivity index (χ1n) is 9.39. The van der Waals surface area contributed by atoms with Crippen molar-refractivity contribution in [2.24, 2.45) is 5.92 Å². The first kappa shape index (κ1) is 22.2. The van der Waals surface area contributed by atoms with Gasteiger partial charge in [0.05, 0.1) is 12.8 Å². The Labute approximate surface area is 169 Å². The van der Waals surface area contributed by atoms with Crippen LogP contribution in [-0.4, -0.2) is 54.5 Å². The first-order chi connectivity index (χ1) is 13.7. The smallest absolute Gasteiger partial charge is 0.326 e. The van der Waals surface area contributed by atoms with E-state index in [9.17, 15) is 19.2 Å². The molecular weight excluding hydrogens is 378 g/mol. The number of benzene rings is 1. The maximum absolute atomic E-state index is 12.6. The number of imide groups is 1. The van der Waals surface area contributed by atoms with Gasteiger partial charge in [0.25, 0.3) is 11.8 Å². The van der Waals surface area contributed by atoms with Crippen LogP contribution in [0.15, 0.2) is 24.3 Å². The number of amides is 4. The maximum atomic E-state index is 12.6. The van der Waals surface area contributed by atoms with Gasteiger partial charge in [-0.05, 0) is 37.8 Å². The van der Waals surface area contributed by atoms with Crippen LogP contribution in [0.25, 0.3) is 0 Å². The van der Waals surface area contributed by atoms with E-state index in [1.54, 1.807) is 31.2 Å². The summed E-state index contributed by atoms with van der Waals surface area (Å²) in [5, 5.41) is 5.20. The predicted octanol–water partition coefficient (Wildman–Crippen LogP) is 1.92. The van der Waals surface area contributed by atoms with Gasteiger partial charge in [0.1, 0.15) is 17.8 Å². The number of methoxy groups -OCH3 is 1. The van der Waals surface area contributed by atoms with Crippen LogP contribution in [0.3, 0.4) is 0 Å². The van der Waals surface area contributed by atoms with Crippen molar-refractivity contribution in [1.29, 1.82) is 0 Å². The van der Waals surface area contributed by atoms with Gasteiger partial charge in [0.2, 0.25) is 0 Å². The molecule has 1 atom stereocenters. The summed E-state index contributed by atoms with van der Waals surface area (Å²) in [5.74, 6) is -1.05. The van der Waals surface area contributed by atoms with E-state index in [4.69, 9.17) is 9.47 Å². The zero-order valence-electron chi connectivity index (χ0n) is 17.1. The zero-order chi connectivity index (χ0) is 21.6. The van der Waals surface area contributed by atoms with E-state index in [2.05, 4.69) is 10.6 Å². The monoisotopic (exact) mass is 405 g/mol. The molecule has 1 aliphatic heterocycles. The topological polar surface area (TPSA) is 114 Å².